The van der Waals surface area contributed by atoms with E-state index < -0.39 is 0 Å². The van der Waals surface area contributed by atoms with Crippen LogP contribution in [0.4, 0.5) is 17.5 Å². The van der Waals surface area contributed by atoms with Crippen LogP contribution >= 0.6 is 0 Å². The van der Waals surface area contributed by atoms with Gasteiger partial charge in [-0.1, -0.05) is 0 Å². The highest BCUT2D eigenvalue weighted by Crippen LogP contribution is 2.39. The van der Waals surface area contributed by atoms with Gasteiger partial charge in [0.2, 0.25) is 5.95 Å². The van der Waals surface area contributed by atoms with Crippen LogP contribution in [0.15, 0.2) is 24.4 Å². The summed E-state index contributed by atoms with van der Waals surface area (Å²) in [6.07, 6.45) is 3.71. The van der Waals surface area contributed by atoms with E-state index in [0.29, 0.717) is 30.7 Å². The maximum absolute atomic E-state index is 5.67. The molecule has 2 aliphatic rings. The first kappa shape index (κ1) is 21.5. The molecule has 1 aromatic heterocycles. The van der Waals surface area contributed by atoms with Crippen LogP contribution in [-0.2, 0) is 0 Å². The Morgan fingerprint density at radius 3 is 2.42 bits per heavy atom. The van der Waals surface area contributed by atoms with Crippen molar-refractivity contribution in [3.8, 4) is 17.2 Å². The molecular formula is C23H33N5O3. The number of piperidine rings is 1. The summed E-state index contributed by atoms with van der Waals surface area (Å²) in [5, 5.41) is 6.88. The first-order valence-corrected chi connectivity index (χ1v) is 10.8. The van der Waals surface area contributed by atoms with Crippen LogP contribution in [0.25, 0.3) is 0 Å². The fraction of sp³-hybridized carbons (Fsp3) is 0.565. The zero-order chi connectivity index (χ0) is 22.2. The molecule has 168 valence electrons. The molecule has 4 rings (SSSR count). The molecule has 2 aromatic rings. The average Bonchev–Trinajstić information content (AvgIpc) is 2.72. The van der Waals surface area contributed by atoms with Gasteiger partial charge in [0, 0.05) is 28.9 Å². The third kappa shape index (κ3) is 4.49. The maximum Gasteiger partial charge on any atom is 0.229 e. The van der Waals surface area contributed by atoms with Crippen molar-refractivity contribution in [3.05, 3.63) is 24.4 Å². The molecule has 0 saturated carbocycles. The first-order valence-electron chi connectivity index (χ1n) is 10.8. The Hall–Kier alpha value is -2.74. The lowest BCUT2D eigenvalue weighted by molar-refractivity contribution is -0.00776. The average molecular weight is 428 g/mol. The number of likely N-dealkylation sites (tertiary alicyclic amines) is 1. The minimum absolute atomic E-state index is 0.0754. The van der Waals surface area contributed by atoms with Crippen LogP contribution in [-0.4, -0.2) is 59.4 Å². The Balaban J connectivity index is 1.54. The summed E-state index contributed by atoms with van der Waals surface area (Å²) < 4.78 is 16.8. The van der Waals surface area contributed by atoms with Crippen molar-refractivity contribution >= 4 is 17.5 Å². The zero-order valence-electron chi connectivity index (χ0n) is 19.3. The minimum Gasteiger partial charge on any atom is -0.491 e. The number of aromatic nitrogens is 2. The third-order valence-electron chi connectivity index (χ3n) is 6.42. The van der Waals surface area contributed by atoms with Crippen molar-refractivity contribution in [2.75, 3.05) is 38.0 Å². The number of fused-ring (bicyclic) bond motifs is 1. The molecule has 8 nitrogen and oxygen atoms in total. The van der Waals surface area contributed by atoms with Gasteiger partial charge in [-0.25, -0.2) is 4.98 Å². The summed E-state index contributed by atoms with van der Waals surface area (Å²) >= 11 is 0. The number of hydrogen-bond acceptors (Lipinski definition) is 8. The number of nitrogens with zero attached hydrogens (tertiary/aromatic N) is 3. The molecule has 8 heteroatoms. The van der Waals surface area contributed by atoms with E-state index in [1.165, 1.54) is 0 Å². The number of nitrogens with one attached hydrogen (secondary N) is 2. The summed E-state index contributed by atoms with van der Waals surface area (Å²) in [6.45, 7) is 10.3. The minimum atomic E-state index is 0.0754. The molecule has 0 amide bonds. The van der Waals surface area contributed by atoms with E-state index >= 15 is 0 Å². The molecule has 1 saturated heterocycles. The molecule has 0 unspecified atom stereocenters. The maximum atomic E-state index is 5.67. The van der Waals surface area contributed by atoms with Crippen molar-refractivity contribution in [2.45, 2.75) is 57.7 Å². The van der Waals surface area contributed by atoms with Gasteiger partial charge in [-0.2, -0.15) is 4.98 Å². The van der Waals surface area contributed by atoms with Crippen LogP contribution in [0.2, 0.25) is 0 Å². The van der Waals surface area contributed by atoms with Crippen molar-refractivity contribution < 1.29 is 14.2 Å². The Bertz CT molecular complexity index is 929. The van der Waals surface area contributed by atoms with Gasteiger partial charge in [0.15, 0.2) is 23.1 Å². The lowest BCUT2D eigenvalue weighted by atomic mass is 9.77. The van der Waals surface area contributed by atoms with Crippen LogP contribution in [0.1, 0.15) is 40.5 Å². The summed E-state index contributed by atoms with van der Waals surface area (Å²) in [5.74, 6) is 3.29. The van der Waals surface area contributed by atoms with Crippen LogP contribution in [0.5, 0.6) is 17.2 Å². The lowest BCUT2D eigenvalue weighted by Gasteiger charge is -2.53. The highest BCUT2D eigenvalue weighted by atomic mass is 16.6. The molecular weight excluding hydrogens is 394 g/mol. The van der Waals surface area contributed by atoms with E-state index in [1.54, 1.807) is 13.3 Å². The third-order valence-corrected chi connectivity index (χ3v) is 6.42. The Kier molecular flexibility index (Phi) is 5.60. The molecule has 0 atom stereocenters. The summed E-state index contributed by atoms with van der Waals surface area (Å²) in [4.78, 5) is 11.6. The van der Waals surface area contributed by atoms with Crippen molar-refractivity contribution in [3.63, 3.8) is 0 Å². The van der Waals surface area contributed by atoms with E-state index in [0.717, 1.165) is 30.0 Å². The number of methoxy groups -OCH3 is 1. The van der Waals surface area contributed by atoms with Gasteiger partial charge in [0.05, 0.1) is 13.3 Å². The van der Waals surface area contributed by atoms with E-state index in [-0.39, 0.29) is 17.1 Å². The fourth-order valence-corrected chi connectivity index (χ4v) is 4.60. The normalized spacial score (nSPS) is 20.2. The molecule has 0 radical (unpaired) electrons. The van der Waals surface area contributed by atoms with Crippen molar-refractivity contribution in [1.82, 2.24) is 14.9 Å². The van der Waals surface area contributed by atoms with Gasteiger partial charge in [-0.05, 0) is 59.7 Å². The Morgan fingerprint density at radius 2 is 1.74 bits per heavy atom. The van der Waals surface area contributed by atoms with Gasteiger partial charge < -0.3 is 24.8 Å². The van der Waals surface area contributed by atoms with E-state index in [4.69, 9.17) is 19.2 Å². The molecule has 3 heterocycles. The Labute approximate surface area is 184 Å². The topological polar surface area (TPSA) is 80.8 Å². The number of rotatable bonds is 5. The zero-order valence-corrected chi connectivity index (χ0v) is 19.3. The largest absolute Gasteiger partial charge is 0.491 e. The predicted molar refractivity (Wildman–Crippen MR) is 122 cm³/mol. The van der Waals surface area contributed by atoms with Gasteiger partial charge in [0.1, 0.15) is 13.2 Å². The highest BCUT2D eigenvalue weighted by Gasteiger charge is 2.43. The van der Waals surface area contributed by atoms with E-state index in [9.17, 15) is 0 Å². The molecule has 2 N–H and O–H groups in total. The predicted octanol–water partition coefficient (Wildman–Crippen LogP) is 4.06. The van der Waals surface area contributed by atoms with E-state index in [1.807, 2.05) is 18.2 Å². The van der Waals surface area contributed by atoms with Gasteiger partial charge in [0.25, 0.3) is 0 Å². The van der Waals surface area contributed by atoms with Crippen molar-refractivity contribution in [1.29, 1.82) is 0 Å². The standard InChI is InChI=1S/C23H33N5O3/c1-22(2)12-16(13-23(3,4)28(22)5)25-20-19(29-6)14-24-21(27-20)26-15-7-8-17-18(11-15)31-10-9-30-17/h7-8,11,14,16H,9-10,12-13H2,1-6H3,(H2,24,25,26,27). The van der Waals surface area contributed by atoms with Gasteiger partial charge in [-0.3, -0.25) is 4.90 Å². The monoisotopic (exact) mass is 427 g/mol. The van der Waals surface area contributed by atoms with Crippen LogP contribution in [0, 0.1) is 0 Å². The summed E-state index contributed by atoms with van der Waals surface area (Å²) in [5.41, 5.74) is 0.986. The molecule has 0 bridgehead atoms. The number of benzene rings is 1. The molecule has 1 aromatic carbocycles. The smallest absolute Gasteiger partial charge is 0.229 e. The molecule has 0 spiro atoms. The van der Waals surface area contributed by atoms with E-state index in [2.05, 4.69) is 55.3 Å². The molecule has 2 aliphatic heterocycles. The SMILES string of the molecule is COc1cnc(Nc2ccc3c(c2)OCCO3)nc1NC1CC(C)(C)N(C)C(C)(C)C1. The van der Waals surface area contributed by atoms with Crippen molar-refractivity contribution in [2.24, 2.45) is 0 Å². The molecule has 1 fully saturated rings. The lowest BCUT2D eigenvalue weighted by Crippen LogP contribution is -2.61. The molecule has 0 aliphatic carbocycles. The second-order valence-corrected chi connectivity index (χ2v) is 9.53. The highest BCUT2D eigenvalue weighted by molar-refractivity contribution is 5.62. The molecule has 31 heavy (non-hydrogen) atoms. The first-order chi connectivity index (χ1) is 14.7. The number of ether oxygens (including phenoxy) is 3. The van der Waals surface area contributed by atoms with Crippen LogP contribution < -0.4 is 24.8 Å². The summed E-state index contributed by atoms with van der Waals surface area (Å²) in [7, 11) is 3.84. The Morgan fingerprint density at radius 1 is 1.06 bits per heavy atom. The quantitative estimate of drug-likeness (QED) is 0.739. The van der Waals surface area contributed by atoms with Gasteiger partial charge >= 0.3 is 0 Å². The van der Waals surface area contributed by atoms with Gasteiger partial charge in [-0.15, -0.1) is 0 Å². The number of anilines is 3. The second-order valence-electron chi connectivity index (χ2n) is 9.53. The summed E-state index contributed by atoms with van der Waals surface area (Å²) in [6, 6.07) is 5.99. The number of hydrogen-bond donors (Lipinski definition) is 2. The van der Waals surface area contributed by atoms with Crippen LogP contribution in [0.3, 0.4) is 0 Å². The second kappa shape index (κ2) is 8.07. The fourth-order valence-electron chi connectivity index (χ4n) is 4.60.